The van der Waals surface area contributed by atoms with E-state index in [2.05, 4.69) is 9.97 Å². The molecule has 0 aromatic carbocycles. The molecule has 2 aromatic heterocycles. The lowest BCUT2D eigenvalue weighted by molar-refractivity contribution is 0.150. The van der Waals surface area contributed by atoms with Crippen molar-refractivity contribution in [1.82, 2.24) is 19.3 Å². The zero-order chi connectivity index (χ0) is 13.7. The number of nitrogens with zero attached hydrogens (tertiary/aromatic N) is 4. The number of amides is 1. The summed E-state index contributed by atoms with van der Waals surface area (Å²) in [7, 11) is 0. The summed E-state index contributed by atoms with van der Waals surface area (Å²) in [6.07, 6.45) is 6.99. The van der Waals surface area contributed by atoms with Crippen molar-refractivity contribution in [2.45, 2.75) is 24.8 Å². The van der Waals surface area contributed by atoms with Gasteiger partial charge in [-0.1, -0.05) is 11.6 Å². The van der Waals surface area contributed by atoms with Gasteiger partial charge in [-0.15, -0.1) is 0 Å². The van der Waals surface area contributed by atoms with Crippen LogP contribution in [0.3, 0.4) is 0 Å². The third kappa shape index (κ3) is 1.67. The topological polar surface area (TPSA) is 59.7 Å². The molecule has 20 heavy (non-hydrogen) atoms. The fourth-order valence-corrected chi connectivity index (χ4v) is 3.30. The second kappa shape index (κ2) is 4.34. The molecule has 6 nitrogen and oxygen atoms in total. The summed E-state index contributed by atoms with van der Waals surface area (Å²) in [6.45, 7) is 1.17. The van der Waals surface area contributed by atoms with Crippen molar-refractivity contribution in [3.05, 3.63) is 29.6 Å². The van der Waals surface area contributed by atoms with E-state index in [0.717, 1.165) is 24.2 Å². The first kappa shape index (κ1) is 12.0. The molecule has 1 amide bonds. The molecule has 7 heteroatoms. The summed E-state index contributed by atoms with van der Waals surface area (Å²) in [5, 5.41) is 0.445. The maximum Gasteiger partial charge on any atom is 0.410 e. The number of carbonyl (C=O) groups excluding carboxylic acids is 1. The predicted molar refractivity (Wildman–Crippen MR) is 71.8 cm³/mol. The van der Waals surface area contributed by atoms with Gasteiger partial charge < -0.3 is 9.64 Å². The highest BCUT2D eigenvalue weighted by Crippen LogP contribution is 2.33. The summed E-state index contributed by atoms with van der Waals surface area (Å²) in [4.78, 5) is 22.0. The SMILES string of the molecule is O=C1OC[C@H]2CC[C@H](c3ncc4c(Cl)nccn34)CN12. The summed E-state index contributed by atoms with van der Waals surface area (Å²) in [6, 6.07) is 0.232. The van der Waals surface area contributed by atoms with Crippen LogP contribution in [0.4, 0.5) is 4.79 Å². The molecule has 0 aliphatic carbocycles. The Hall–Kier alpha value is -1.82. The van der Waals surface area contributed by atoms with Crippen molar-refractivity contribution in [1.29, 1.82) is 0 Å². The predicted octanol–water partition coefficient (Wildman–Crippen LogP) is 2.08. The number of carbonyl (C=O) groups is 1. The van der Waals surface area contributed by atoms with Crippen molar-refractivity contribution >= 4 is 23.2 Å². The Kier molecular flexibility index (Phi) is 2.60. The number of hydrogen-bond acceptors (Lipinski definition) is 4. The van der Waals surface area contributed by atoms with E-state index in [9.17, 15) is 4.79 Å². The first-order valence-corrected chi connectivity index (χ1v) is 7.02. The van der Waals surface area contributed by atoms with Crippen LogP contribution in [-0.4, -0.2) is 44.6 Å². The number of hydrogen-bond donors (Lipinski definition) is 0. The number of fused-ring (bicyclic) bond motifs is 2. The minimum absolute atomic E-state index is 0.206. The zero-order valence-electron chi connectivity index (χ0n) is 10.7. The van der Waals surface area contributed by atoms with Gasteiger partial charge in [-0.2, -0.15) is 0 Å². The summed E-state index contributed by atoms with van der Waals surface area (Å²) < 4.78 is 7.06. The van der Waals surface area contributed by atoms with Gasteiger partial charge in [-0.05, 0) is 12.8 Å². The molecule has 0 spiro atoms. The third-order valence-electron chi connectivity index (χ3n) is 4.15. The van der Waals surface area contributed by atoms with Gasteiger partial charge in [-0.25, -0.2) is 14.8 Å². The number of imidazole rings is 1. The van der Waals surface area contributed by atoms with Gasteiger partial charge in [0.15, 0.2) is 5.15 Å². The highest BCUT2D eigenvalue weighted by Gasteiger charge is 2.39. The lowest BCUT2D eigenvalue weighted by Gasteiger charge is -2.31. The van der Waals surface area contributed by atoms with Crippen molar-refractivity contribution in [3.63, 3.8) is 0 Å². The molecule has 2 atom stereocenters. The number of aromatic nitrogens is 3. The smallest absolute Gasteiger partial charge is 0.410 e. The molecule has 0 bridgehead atoms. The van der Waals surface area contributed by atoms with Gasteiger partial charge in [0.1, 0.15) is 17.9 Å². The molecule has 4 rings (SSSR count). The first-order valence-electron chi connectivity index (χ1n) is 6.65. The monoisotopic (exact) mass is 292 g/mol. The number of ether oxygens (including phenoxy) is 1. The van der Waals surface area contributed by atoms with E-state index in [1.165, 1.54) is 0 Å². The second-order valence-electron chi connectivity index (χ2n) is 5.25. The van der Waals surface area contributed by atoms with Crippen molar-refractivity contribution in [3.8, 4) is 0 Å². The van der Waals surface area contributed by atoms with Crippen LogP contribution in [0.25, 0.3) is 5.52 Å². The Morgan fingerprint density at radius 2 is 2.25 bits per heavy atom. The molecule has 104 valence electrons. The minimum Gasteiger partial charge on any atom is -0.447 e. The lowest BCUT2D eigenvalue weighted by Crippen LogP contribution is -2.41. The summed E-state index contributed by atoms with van der Waals surface area (Å²) in [5.41, 5.74) is 0.801. The molecular formula is C13H13ClN4O2. The van der Waals surface area contributed by atoms with E-state index in [4.69, 9.17) is 16.3 Å². The molecule has 0 unspecified atom stereocenters. The Morgan fingerprint density at radius 3 is 3.15 bits per heavy atom. The Morgan fingerprint density at radius 1 is 1.35 bits per heavy atom. The normalized spacial score (nSPS) is 25.9. The van der Waals surface area contributed by atoms with E-state index in [-0.39, 0.29) is 18.1 Å². The van der Waals surface area contributed by atoms with Gasteiger partial charge in [0.25, 0.3) is 0 Å². The average molecular weight is 293 g/mol. The highest BCUT2D eigenvalue weighted by atomic mass is 35.5. The zero-order valence-corrected chi connectivity index (χ0v) is 11.5. The Labute approximate surface area is 120 Å². The number of piperidine rings is 1. The maximum absolute atomic E-state index is 11.7. The molecule has 2 aromatic rings. The van der Waals surface area contributed by atoms with Crippen LogP contribution in [0.5, 0.6) is 0 Å². The summed E-state index contributed by atoms with van der Waals surface area (Å²) >= 11 is 6.07. The molecule has 0 saturated carbocycles. The standard InChI is InChI=1S/C13H13ClN4O2/c14-11-10-5-16-12(17(10)4-3-15-11)8-1-2-9-7-20-13(19)18(9)6-8/h3-5,8-9H,1-2,6-7H2/t8-,9+/m0/s1. The maximum atomic E-state index is 11.7. The van der Waals surface area contributed by atoms with Crippen LogP contribution in [0.1, 0.15) is 24.6 Å². The van der Waals surface area contributed by atoms with Crippen LogP contribution in [0.2, 0.25) is 5.15 Å². The minimum atomic E-state index is -0.208. The van der Waals surface area contributed by atoms with Crippen molar-refractivity contribution in [2.75, 3.05) is 13.2 Å². The third-order valence-corrected chi connectivity index (χ3v) is 4.44. The largest absolute Gasteiger partial charge is 0.447 e. The van der Waals surface area contributed by atoms with E-state index >= 15 is 0 Å². The number of halogens is 1. The van der Waals surface area contributed by atoms with Crippen LogP contribution in [0.15, 0.2) is 18.6 Å². The Bertz CT molecular complexity index is 686. The van der Waals surface area contributed by atoms with Crippen molar-refractivity contribution in [2.24, 2.45) is 0 Å². The number of cyclic esters (lactones) is 1. The van der Waals surface area contributed by atoms with Gasteiger partial charge in [-0.3, -0.25) is 4.40 Å². The molecule has 2 aliphatic heterocycles. The molecule has 4 heterocycles. The van der Waals surface area contributed by atoms with Gasteiger partial charge in [0.05, 0.1) is 12.2 Å². The van der Waals surface area contributed by atoms with E-state index in [0.29, 0.717) is 18.3 Å². The van der Waals surface area contributed by atoms with Crippen LogP contribution in [0, 0.1) is 0 Å². The average Bonchev–Trinajstić information content (AvgIpc) is 3.04. The fraction of sp³-hybridized carbons (Fsp3) is 0.462. The molecule has 2 fully saturated rings. The molecular weight excluding hydrogens is 280 g/mol. The molecule has 2 aliphatic rings. The van der Waals surface area contributed by atoms with Crippen LogP contribution in [-0.2, 0) is 4.74 Å². The fourth-order valence-electron chi connectivity index (χ4n) is 3.10. The van der Waals surface area contributed by atoms with Crippen LogP contribution < -0.4 is 0 Å². The van der Waals surface area contributed by atoms with Gasteiger partial charge in [0, 0.05) is 24.9 Å². The molecule has 0 radical (unpaired) electrons. The summed E-state index contributed by atoms with van der Waals surface area (Å²) in [5.74, 6) is 1.14. The van der Waals surface area contributed by atoms with E-state index in [1.807, 2.05) is 15.5 Å². The molecule has 0 N–H and O–H groups in total. The number of rotatable bonds is 1. The van der Waals surface area contributed by atoms with Gasteiger partial charge >= 0.3 is 6.09 Å². The van der Waals surface area contributed by atoms with E-state index < -0.39 is 0 Å². The lowest BCUT2D eigenvalue weighted by atomic mass is 9.93. The quantitative estimate of drug-likeness (QED) is 0.807. The van der Waals surface area contributed by atoms with Crippen molar-refractivity contribution < 1.29 is 9.53 Å². The van der Waals surface area contributed by atoms with E-state index in [1.54, 1.807) is 12.4 Å². The Balaban J connectivity index is 1.70. The highest BCUT2D eigenvalue weighted by molar-refractivity contribution is 6.32. The first-order chi connectivity index (χ1) is 9.74. The van der Waals surface area contributed by atoms with Crippen LogP contribution >= 0.6 is 11.6 Å². The second-order valence-corrected chi connectivity index (χ2v) is 5.61. The molecule has 2 saturated heterocycles. The van der Waals surface area contributed by atoms with Gasteiger partial charge in [0.2, 0.25) is 0 Å².